The molecule has 7 heteroatoms. The van der Waals surface area contributed by atoms with Gasteiger partial charge in [-0.2, -0.15) is 0 Å². The van der Waals surface area contributed by atoms with Gasteiger partial charge >= 0.3 is 0 Å². The topological polar surface area (TPSA) is 79.9 Å². The highest BCUT2D eigenvalue weighted by atomic mass is 16.5. The lowest BCUT2D eigenvalue weighted by Crippen LogP contribution is -2.38. The van der Waals surface area contributed by atoms with Crippen LogP contribution in [0.2, 0.25) is 0 Å². The standard InChI is InChI=1S/C19H27N3O4/c1-13-10-14-11-15(12-16(17(14)26-13)19(24)20-2)18(23)21-4-3-5-22-6-8-25-9-7-22/h11-13H,3-10H2,1-2H3,(H,20,24)(H,21,23). The van der Waals surface area contributed by atoms with E-state index in [-0.39, 0.29) is 17.9 Å². The van der Waals surface area contributed by atoms with Crippen LogP contribution in [-0.2, 0) is 11.2 Å². The summed E-state index contributed by atoms with van der Waals surface area (Å²) in [5.74, 6) is 0.206. The second kappa shape index (κ2) is 8.51. The molecule has 0 radical (unpaired) electrons. The molecule has 0 bridgehead atoms. The van der Waals surface area contributed by atoms with Crippen LogP contribution in [0, 0.1) is 0 Å². The highest BCUT2D eigenvalue weighted by Crippen LogP contribution is 2.33. The smallest absolute Gasteiger partial charge is 0.254 e. The monoisotopic (exact) mass is 361 g/mol. The number of hydrogen-bond acceptors (Lipinski definition) is 5. The van der Waals surface area contributed by atoms with Gasteiger partial charge in [-0.25, -0.2) is 0 Å². The van der Waals surface area contributed by atoms with Gasteiger partial charge in [0.15, 0.2) is 0 Å². The minimum absolute atomic E-state index is 0.0141. The van der Waals surface area contributed by atoms with Gasteiger partial charge in [0, 0.05) is 38.7 Å². The lowest BCUT2D eigenvalue weighted by atomic mass is 10.0. The maximum Gasteiger partial charge on any atom is 0.254 e. The summed E-state index contributed by atoms with van der Waals surface area (Å²) in [5, 5.41) is 5.57. The van der Waals surface area contributed by atoms with Gasteiger partial charge in [-0.3, -0.25) is 14.5 Å². The van der Waals surface area contributed by atoms with Crippen molar-refractivity contribution in [2.45, 2.75) is 25.9 Å². The van der Waals surface area contributed by atoms with Crippen molar-refractivity contribution in [3.8, 4) is 5.75 Å². The van der Waals surface area contributed by atoms with Gasteiger partial charge in [0.2, 0.25) is 0 Å². The van der Waals surface area contributed by atoms with E-state index < -0.39 is 0 Å². The molecule has 0 aromatic heterocycles. The number of hydrogen-bond donors (Lipinski definition) is 2. The Hall–Kier alpha value is -2.12. The van der Waals surface area contributed by atoms with E-state index in [0.717, 1.165) is 44.8 Å². The van der Waals surface area contributed by atoms with Crippen LogP contribution in [0.25, 0.3) is 0 Å². The van der Waals surface area contributed by atoms with Gasteiger partial charge < -0.3 is 20.1 Å². The molecule has 2 aliphatic heterocycles. The molecule has 1 fully saturated rings. The number of ether oxygens (including phenoxy) is 2. The van der Waals surface area contributed by atoms with Crippen LogP contribution in [0.4, 0.5) is 0 Å². The normalized spacial score (nSPS) is 19.5. The highest BCUT2D eigenvalue weighted by molar-refractivity contribution is 6.02. The number of carbonyl (C=O) groups is 2. The van der Waals surface area contributed by atoms with Crippen LogP contribution in [0.5, 0.6) is 5.75 Å². The van der Waals surface area contributed by atoms with E-state index in [1.54, 1.807) is 13.1 Å². The Morgan fingerprint density at radius 2 is 2.00 bits per heavy atom. The molecule has 1 aromatic rings. The van der Waals surface area contributed by atoms with Crippen molar-refractivity contribution in [2.75, 3.05) is 46.4 Å². The first-order chi connectivity index (χ1) is 12.6. The maximum absolute atomic E-state index is 12.5. The zero-order valence-corrected chi connectivity index (χ0v) is 15.5. The van der Waals surface area contributed by atoms with Crippen molar-refractivity contribution in [2.24, 2.45) is 0 Å². The van der Waals surface area contributed by atoms with E-state index >= 15 is 0 Å². The van der Waals surface area contributed by atoms with Crippen LogP contribution in [0.1, 0.15) is 39.6 Å². The van der Waals surface area contributed by atoms with Crippen molar-refractivity contribution >= 4 is 11.8 Å². The summed E-state index contributed by atoms with van der Waals surface area (Å²) in [6.07, 6.45) is 1.61. The van der Waals surface area contributed by atoms with E-state index in [0.29, 0.717) is 29.8 Å². The molecule has 26 heavy (non-hydrogen) atoms. The second-order valence-electron chi connectivity index (χ2n) is 6.79. The summed E-state index contributed by atoms with van der Waals surface area (Å²) in [4.78, 5) is 27.0. The van der Waals surface area contributed by atoms with E-state index in [1.807, 2.05) is 13.0 Å². The molecule has 1 aromatic carbocycles. The van der Waals surface area contributed by atoms with E-state index in [4.69, 9.17) is 9.47 Å². The molecule has 2 amide bonds. The number of nitrogens with zero attached hydrogens (tertiary/aromatic N) is 1. The Bertz CT molecular complexity index is 671. The van der Waals surface area contributed by atoms with Crippen molar-refractivity contribution in [3.05, 3.63) is 28.8 Å². The van der Waals surface area contributed by atoms with Gasteiger partial charge in [-0.05, 0) is 37.6 Å². The van der Waals surface area contributed by atoms with Crippen molar-refractivity contribution in [3.63, 3.8) is 0 Å². The fraction of sp³-hybridized carbons (Fsp3) is 0.579. The largest absolute Gasteiger partial charge is 0.489 e. The maximum atomic E-state index is 12.5. The van der Waals surface area contributed by atoms with Gasteiger partial charge in [0.1, 0.15) is 11.9 Å². The summed E-state index contributed by atoms with van der Waals surface area (Å²) >= 11 is 0. The van der Waals surface area contributed by atoms with E-state index in [1.165, 1.54) is 0 Å². The van der Waals surface area contributed by atoms with Gasteiger partial charge in [0.25, 0.3) is 11.8 Å². The third-order valence-corrected chi connectivity index (χ3v) is 4.77. The van der Waals surface area contributed by atoms with Crippen LogP contribution in [-0.4, -0.2) is 69.3 Å². The summed E-state index contributed by atoms with van der Waals surface area (Å²) in [7, 11) is 1.57. The predicted octanol–water partition coefficient (Wildman–Crippen LogP) is 0.822. The van der Waals surface area contributed by atoms with Crippen molar-refractivity contribution in [1.82, 2.24) is 15.5 Å². The first kappa shape index (κ1) is 18.7. The van der Waals surface area contributed by atoms with Crippen LogP contribution in [0.15, 0.2) is 12.1 Å². The number of amides is 2. The molecule has 7 nitrogen and oxygen atoms in total. The molecule has 1 atom stereocenters. The molecule has 2 heterocycles. The first-order valence-corrected chi connectivity index (χ1v) is 9.22. The fourth-order valence-electron chi connectivity index (χ4n) is 3.40. The lowest BCUT2D eigenvalue weighted by Gasteiger charge is -2.26. The molecule has 1 saturated heterocycles. The second-order valence-corrected chi connectivity index (χ2v) is 6.79. The van der Waals surface area contributed by atoms with Crippen LogP contribution in [0.3, 0.4) is 0 Å². The number of rotatable bonds is 6. The molecule has 2 aliphatic rings. The summed E-state index contributed by atoms with van der Waals surface area (Å²) in [6, 6.07) is 3.45. The number of nitrogens with one attached hydrogen (secondary N) is 2. The Labute approximate surface area is 154 Å². The molecule has 142 valence electrons. The van der Waals surface area contributed by atoms with Gasteiger partial charge in [-0.15, -0.1) is 0 Å². The Morgan fingerprint density at radius 1 is 1.23 bits per heavy atom. The summed E-state index contributed by atoms with van der Waals surface area (Å²) in [5.41, 5.74) is 1.84. The number of fused-ring (bicyclic) bond motifs is 1. The average Bonchev–Trinajstić information content (AvgIpc) is 3.04. The zero-order chi connectivity index (χ0) is 18.5. The van der Waals surface area contributed by atoms with E-state index in [2.05, 4.69) is 15.5 Å². The Morgan fingerprint density at radius 3 is 2.73 bits per heavy atom. The summed E-state index contributed by atoms with van der Waals surface area (Å²) in [6.45, 7) is 6.98. The Balaban J connectivity index is 1.60. The quantitative estimate of drug-likeness (QED) is 0.734. The van der Waals surface area contributed by atoms with E-state index in [9.17, 15) is 9.59 Å². The first-order valence-electron chi connectivity index (χ1n) is 9.22. The Kier molecular flexibility index (Phi) is 6.11. The van der Waals surface area contributed by atoms with Gasteiger partial charge in [0.05, 0.1) is 18.8 Å². The SMILES string of the molecule is CNC(=O)c1cc(C(=O)NCCCN2CCOCC2)cc2c1OC(C)C2. The number of carbonyl (C=O) groups excluding carboxylic acids is 2. The third-order valence-electron chi connectivity index (χ3n) is 4.77. The van der Waals surface area contributed by atoms with Gasteiger partial charge in [-0.1, -0.05) is 0 Å². The molecule has 1 unspecified atom stereocenters. The zero-order valence-electron chi connectivity index (χ0n) is 15.5. The highest BCUT2D eigenvalue weighted by Gasteiger charge is 2.27. The van der Waals surface area contributed by atoms with Crippen LogP contribution >= 0.6 is 0 Å². The third kappa shape index (κ3) is 4.34. The number of morpholine rings is 1. The number of benzene rings is 1. The molecule has 0 spiro atoms. The van der Waals surface area contributed by atoms with Crippen molar-refractivity contribution < 1.29 is 19.1 Å². The molecular formula is C19H27N3O4. The van der Waals surface area contributed by atoms with Crippen LogP contribution < -0.4 is 15.4 Å². The molecular weight excluding hydrogens is 334 g/mol. The minimum Gasteiger partial charge on any atom is -0.489 e. The fourth-order valence-corrected chi connectivity index (χ4v) is 3.40. The molecule has 0 saturated carbocycles. The lowest BCUT2D eigenvalue weighted by molar-refractivity contribution is 0.0374. The molecule has 2 N–H and O–H groups in total. The minimum atomic E-state index is -0.239. The molecule has 0 aliphatic carbocycles. The summed E-state index contributed by atoms with van der Waals surface area (Å²) < 4.78 is 11.1. The van der Waals surface area contributed by atoms with Crippen molar-refractivity contribution in [1.29, 1.82) is 0 Å². The predicted molar refractivity (Wildman–Crippen MR) is 97.8 cm³/mol. The average molecular weight is 361 g/mol. The molecule has 3 rings (SSSR count).